The van der Waals surface area contributed by atoms with Gasteiger partial charge in [0.15, 0.2) is 29.4 Å². The molecule has 5 aromatic rings. The van der Waals surface area contributed by atoms with Gasteiger partial charge in [-0.05, 0) is 134 Å². The fraction of sp³-hybridized carbons (Fsp3) is 0.528. The number of anilines is 1. The minimum Gasteiger partial charge on any atom is -0.506 e. The van der Waals surface area contributed by atoms with Crippen molar-refractivity contribution in [3.05, 3.63) is 138 Å². The second-order valence-electron chi connectivity index (χ2n) is 32.6. The number of phenolic OH excluding ortho intramolecular Hbond substituents is 1. The standard InChI is InChI=1S/C89H119N9O22S/c1-8-9-16-36-120-63-32-29-57(30-33-63)55-23-21-54(22-24-55)56-25-27-58(28-26-56)72(105)41-61-43-75(108)86(116)96-87(117)78-79(109)50(4)46-98(78)89(119)77(52(6)101)95-84(114)64(45-74(107)69-44-62(102)47-97(69)88(118)76(51(5)100)94-83(61)113)81(111)80(110)59-31-34-71(104)68(40-59)93-85(115)65(90)19-14-11-15-20-70(103)67(39-53-17-12-10-13-18-53)92-82(112)60(38-49(2)3)42-73(106)66(91-48-99)35-37-121-7/h10,12-13,17-18,21-34,40,48-52,60-62,64-67,69,75-81,86,100-102,104,108-111,116H,8-9,11,14-16,19-20,35-39,41-47,90H2,1-7H3,(H,91,99)(H,92,112)(H,93,115)(H,94,113)(H,95,114)(H,96,117)/t50-,51+,52+,60+,61-,62+,64-,65-,66-,67-,69-,75+,76-,77-,78-,79-,80-,81-,86+/m0/s1. The van der Waals surface area contributed by atoms with Gasteiger partial charge in [-0.1, -0.05) is 150 Å². The van der Waals surface area contributed by atoms with E-state index >= 15 is 9.59 Å². The first-order chi connectivity index (χ1) is 57.6. The van der Waals surface area contributed by atoms with E-state index in [-0.39, 0.29) is 60.0 Å². The summed E-state index contributed by atoms with van der Waals surface area (Å²) in [5.74, 6) is -14.7. The van der Waals surface area contributed by atoms with Gasteiger partial charge in [0.2, 0.25) is 47.8 Å². The fourth-order valence-corrected chi connectivity index (χ4v) is 16.0. The van der Waals surface area contributed by atoms with E-state index in [2.05, 4.69) is 38.8 Å². The number of nitrogens with two attached hydrogens (primary N) is 1. The highest BCUT2D eigenvalue weighted by atomic mass is 32.2. The molecule has 0 unspecified atom stereocenters. The number of unbranched alkanes of at least 4 members (excludes halogenated alkanes) is 4. The van der Waals surface area contributed by atoms with Crippen LogP contribution in [-0.2, 0) is 59.2 Å². The molecule has 0 radical (unpaired) electrons. The van der Waals surface area contributed by atoms with Gasteiger partial charge in [-0.15, -0.1) is 0 Å². The smallest absolute Gasteiger partial charge is 0.248 e. The molecule has 3 heterocycles. The predicted molar refractivity (Wildman–Crippen MR) is 451 cm³/mol. The summed E-state index contributed by atoms with van der Waals surface area (Å²) in [6, 6.07) is 23.3. The van der Waals surface area contributed by atoms with E-state index in [9.17, 15) is 93.9 Å². The molecule has 121 heavy (non-hydrogen) atoms. The number of hydrogen-bond acceptors (Lipinski definition) is 24. The number of thioether (sulfide) groups is 1. The van der Waals surface area contributed by atoms with Crippen LogP contribution in [0.2, 0.25) is 0 Å². The van der Waals surface area contributed by atoms with E-state index in [1.165, 1.54) is 30.8 Å². The van der Waals surface area contributed by atoms with Crippen LogP contribution in [0, 0.1) is 29.6 Å². The monoisotopic (exact) mass is 1700 g/mol. The minimum atomic E-state index is -2.43. The Labute approximate surface area is 709 Å². The van der Waals surface area contributed by atoms with Crippen molar-refractivity contribution in [1.82, 2.24) is 36.4 Å². The highest BCUT2D eigenvalue weighted by molar-refractivity contribution is 7.98. The summed E-state index contributed by atoms with van der Waals surface area (Å²) < 4.78 is 5.87. The third kappa shape index (κ3) is 27.1. The van der Waals surface area contributed by atoms with Gasteiger partial charge in [-0.2, -0.15) is 11.8 Å². The van der Waals surface area contributed by atoms with Crippen LogP contribution in [0.1, 0.15) is 165 Å². The SMILES string of the molecule is CCCCCOc1ccc(-c2ccc(-c3ccc(C(=O)C[C@H]4C[C@@H](O)[C@@H](O)NC(=O)[C@@H]5[C@@H](O)[C@@H](C)CN5C(=O)[C@H]([C@@H](C)O)NC(=O)[C@H]([C@H](O)[C@@H](O)c5ccc(O)c(NC(=O)[C@@H](N)CCCCCC(=O)[C@H](Cc6ccccc6)NC(=O)[C@@H](CC(=O)[C@H](CCSC)NC=O)CC(C)C)c5)CC(=O)[C@@H]5C[C@@H](O)CN5C(=O)[C@H]([C@@H](C)O)NC4=O)cc3)cc2)cc1. The van der Waals surface area contributed by atoms with Crippen molar-refractivity contribution in [1.29, 1.82) is 0 Å². The van der Waals surface area contributed by atoms with Gasteiger partial charge >= 0.3 is 0 Å². The number of ether oxygens (including phenoxy) is 1. The van der Waals surface area contributed by atoms with E-state index < -0.39 is 212 Å². The summed E-state index contributed by atoms with van der Waals surface area (Å²) in [5, 5.41) is 119. The summed E-state index contributed by atoms with van der Waals surface area (Å²) in [6.45, 7) is 9.16. The molecule has 8 rings (SSSR count). The summed E-state index contributed by atoms with van der Waals surface area (Å²) >= 11 is 1.51. The summed E-state index contributed by atoms with van der Waals surface area (Å²) in [7, 11) is 0. The minimum absolute atomic E-state index is 0.00791. The number of aromatic hydroxyl groups is 1. The zero-order valence-electron chi connectivity index (χ0n) is 69.5. The Hall–Kier alpha value is -9.87. The van der Waals surface area contributed by atoms with E-state index in [1.54, 1.807) is 24.3 Å². The van der Waals surface area contributed by atoms with Crippen LogP contribution in [0.3, 0.4) is 0 Å². The lowest BCUT2D eigenvalue weighted by molar-refractivity contribution is -0.149. The molecule has 31 nitrogen and oxygen atoms in total. The van der Waals surface area contributed by atoms with Crippen molar-refractivity contribution < 1.29 is 108 Å². The Bertz CT molecular complexity index is 4330. The van der Waals surface area contributed by atoms with Crippen molar-refractivity contribution in [3.8, 4) is 33.8 Å². The molecule has 3 saturated heterocycles. The highest BCUT2D eigenvalue weighted by Gasteiger charge is 2.51. The van der Waals surface area contributed by atoms with Crippen LogP contribution in [-0.4, -0.2) is 244 Å². The fourth-order valence-electron chi connectivity index (χ4n) is 15.6. The second-order valence-corrected chi connectivity index (χ2v) is 33.6. The number of nitrogens with one attached hydrogen (secondary N) is 6. The van der Waals surface area contributed by atoms with Crippen molar-refractivity contribution in [3.63, 3.8) is 0 Å². The molecule has 17 N–H and O–H groups in total. The third-order valence-corrected chi connectivity index (χ3v) is 23.3. The van der Waals surface area contributed by atoms with Crippen molar-refractivity contribution in [2.24, 2.45) is 35.3 Å². The lowest BCUT2D eigenvalue weighted by atomic mass is 9.86. The van der Waals surface area contributed by atoms with Gasteiger partial charge in [-0.25, -0.2) is 0 Å². The molecule has 3 fully saturated rings. The Morgan fingerprint density at radius 3 is 1.89 bits per heavy atom. The maximum Gasteiger partial charge on any atom is 0.248 e. The summed E-state index contributed by atoms with van der Waals surface area (Å²) in [4.78, 5) is 172. The van der Waals surface area contributed by atoms with Crippen LogP contribution < -0.4 is 42.4 Å². The number of aliphatic hydroxyl groups excluding tert-OH is 8. The normalized spacial score (nSPS) is 23.5. The number of ketones is 4. The van der Waals surface area contributed by atoms with E-state index in [0.29, 0.717) is 56.4 Å². The third-order valence-electron chi connectivity index (χ3n) is 22.6. The maximum atomic E-state index is 15.0. The molecule has 3 aliphatic heterocycles. The van der Waals surface area contributed by atoms with E-state index in [4.69, 9.17) is 10.5 Å². The molecule has 5 aromatic carbocycles. The Morgan fingerprint density at radius 1 is 0.678 bits per heavy atom. The molecular weight excluding hydrogens is 1580 g/mol. The lowest BCUT2D eigenvalue weighted by Crippen LogP contribution is -2.60. The molecule has 3 aliphatic rings. The molecule has 0 aromatic heterocycles. The van der Waals surface area contributed by atoms with Crippen LogP contribution in [0.25, 0.3) is 22.3 Å². The average Bonchev–Trinajstić information content (AvgIpc) is 1.64. The van der Waals surface area contributed by atoms with Gasteiger partial charge in [0.05, 0.1) is 79.0 Å². The van der Waals surface area contributed by atoms with Crippen LogP contribution in [0.15, 0.2) is 121 Å². The van der Waals surface area contributed by atoms with Crippen molar-refractivity contribution in [2.75, 3.05) is 37.0 Å². The number of hydrogen-bond donors (Lipinski definition) is 16. The Morgan fingerprint density at radius 2 is 1.29 bits per heavy atom. The first kappa shape index (κ1) is 96.6. The van der Waals surface area contributed by atoms with Crippen molar-refractivity contribution >= 4 is 88.3 Å². The largest absolute Gasteiger partial charge is 0.506 e. The average molecular weight is 1700 g/mol. The number of amides is 8. The van der Waals surface area contributed by atoms with Gasteiger partial charge in [0, 0.05) is 68.5 Å². The molecule has 19 atom stereocenters. The molecule has 658 valence electrons. The number of carbonyl (C=O) groups excluding carboxylic acids is 12. The van der Waals surface area contributed by atoms with Gasteiger partial charge < -0.3 is 98.1 Å². The number of rotatable bonds is 38. The number of fused-ring (bicyclic) bond motifs is 2. The molecule has 0 bridgehead atoms. The lowest BCUT2D eigenvalue weighted by Gasteiger charge is -2.33. The number of carbonyl (C=O) groups is 12. The first-order valence-corrected chi connectivity index (χ1v) is 43.0. The van der Waals surface area contributed by atoms with Gasteiger partial charge in [0.25, 0.3) is 0 Å². The molecule has 8 amide bonds. The molecule has 0 aliphatic carbocycles. The number of benzene rings is 5. The number of nitrogens with zero attached hydrogens (tertiary/aromatic N) is 2. The first-order valence-electron chi connectivity index (χ1n) is 41.6. The topological polar surface area (TPSA) is 501 Å². The van der Waals surface area contributed by atoms with Crippen LogP contribution in [0.5, 0.6) is 11.5 Å². The Balaban J connectivity index is 0.984. The zero-order chi connectivity index (χ0) is 88.5. The maximum absolute atomic E-state index is 15.0. The van der Waals surface area contributed by atoms with Crippen LogP contribution >= 0.6 is 11.8 Å². The molecular formula is C89H119N9O22S. The molecule has 0 spiro atoms. The van der Waals surface area contributed by atoms with Gasteiger partial charge in [-0.3, -0.25) is 57.5 Å². The van der Waals surface area contributed by atoms with Gasteiger partial charge in [0.1, 0.15) is 35.7 Å². The van der Waals surface area contributed by atoms with E-state index in [1.807, 2.05) is 86.8 Å². The van der Waals surface area contributed by atoms with Crippen LogP contribution in [0.4, 0.5) is 5.69 Å². The predicted octanol–water partition coefficient (Wildman–Crippen LogP) is 4.26. The molecule has 0 saturated carbocycles. The van der Waals surface area contributed by atoms with Crippen molar-refractivity contribution in [2.45, 2.75) is 236 Å². The number of Topliss-reactive ketones (excluding diaryl/α,β-unsaturated/α-hetero) is 4. The van der Waals surface area contributed by atoms with E-state index in [0.717, 1.165) is 89.1 Å². The summed E-state index contributed by atoms with van der Waals surface area (Å²) in [6.07, 6.45) is -11.9. The zero-order valence-corrected chi connectivity index (χ0v) is 70.3. The Kier molecular flexibility index (Phi) is 37.0. The quantitative estimate of drug-likeness (QED) is 0.0114. The number of phenols is 1. The summed E-state index contributed by atoms with van der Waals surface area (Å²) in [5.41, 5.74) is 9.99. The number of aliphatic hydroxyl groups is 8. The molecule has 32 heteroatoms. The highest BCUT2D eigenvalue weighted by Crippen LogP contribution is 2.36. The second kappa shape index (κ2) is 46.4.